The van der Waals surface area contributed by atoms with Crippen LogP contribution < -0.4 is 5.32 Å². The fraction of sp³-hybridized carbons (Fsp3) is 0.111. The van der Waals surface area contributed by atoms with E-state index in [9.17, 15) is 4.79 Å². The van der Waals surface area contributed by atoms with Crippen LogP contribution in [-0.2, 0) is 0 Å². The minimum absolute atomic E-state index is 0.344. The second-order valence-electron chi connectivity index (χ2n) is 2.18. The van der Waals surface area contributed by atoms with Crippen LogP contribution in [-0.4, -0.2) is 12.2 Å². The maximum Gasteiger partial charge on any atom is 0.345 e. The quantitative estimate of drug-likeness (QED) is 0.632. The van der Waals surface area contributed by atoms with Crippen molar-refractivity contribution in [1.29, 1.82) is 0 Å². The Morgan fingerprint density at radius 2 is 2.08 bits per heavy atom. The number of aliphatic imine (C=N–C) groups is 1. The van der Waals surface area contributed by atoms with Gasteiger partial charge in [0.15, 0.2) is 0 Å². The summed E-state index contributed by atoms with van der Waals surface area (Å²) in [5, 5.41) is 2.61. The van der Waals surface area contributed by atoms with Gasteiger partial charge in [-0.25, -0.2) is 9.79 Å². The fourth-order valence-corrected chi connectivity index (χ4v) is 0.794. The molecule has 62 valence electrons. The SMILES string of the molecule is CC=NC(=O)Nc1ccccc1. The summed E-state index contributed by atoms with van der Waals surface area (Å²) in [5.74, 6) is 0. The Morgan fingerprint density at radius 1 is 1.42 bits per heavy atom. The number of amides is 2. The molecule has 1 aromatic carbocycles. The Morgan fingerprint density at radius 3 is 2.67 bits per heavy atom. The van der Waals surface area contributed by atoms with Gasteiger partial charge in [0.25, 0.3) is 0 Å². The van der Waals surface area contributed by atoms with E-state index in [1.54, 1.807) is 6.92 Å². The van der Waals surface area contributed by atoms with Gasteiger partial charge in [0.05, 0.1) is 0 Å². The fourth-order valence-electron chi connectivity index (χ4n) is 0.794. The topological polar surface area (TPSA) is 41.5 Å². The summed E-state index contributed by atoms with van der Waals surface area (Å²) in [6.45, 7) is 1.70. The number of benzene rings is 1. The molecule has 0 atom stereocenters. The van der Waals surface area contributed by atoms with Gasteiger partial charge in [0, 0.05) is 11.9 Å². The van der Waals surface area contributed by atoms with Crippen molar-refractivity contribution >= 4 is 17.9 Å². The molecule has 0 unspecified atom stereocenters. The molecule has 0 aliphatic heterocycles. The van der Waals surface area contributed by atoms with E-state index < -0.39 is 0 Å². The van der Waals surface area contributed by atoms with Crippen molar-refractivity contribution in [2.75, 3.05) is 5.32 Å². The van der Waals surface area contributed by atoms with Crippen LogP contribution in [0.4, 0.5) is 10.5 Å². The molecule has 0 radical (unpaired) electrons. The number of carbonyl (C=O) groups excluding carboxylic acids is 1. The van der Waals surface area contributed by atoms with Gasteiger partial charge < -0.3 is 5.32 Å². The van der Waals surface area contributed by atoms with Crippen LogP contribution in [0.3, 0.4) is 0 Å². The molecule has 0 heterocycles. The van der Waals surface area contributed by atoms with Crippen LogP contribution in [0.1, 0.15) is 6.92 Å². The third-order valence-corrected chi connectivity index (χ3v) is 1.27. The van der Waals surface area contributed by atoms with Gasteiger partial charge in [0.2, 0.25) is 0 Å². The molecule has 0 aliphatic carbocycles. The molecule has 2 amide bonds. The molecule has 1 aromatic rings. The zero-order chi connectivity index (χ0) is 8.81. The van der Waals surface area contributed by atoms with Gasteiger partial charge in [-0.1, -0.05) is 18.2 Å². The minimum atomic E-state index is -0.344. The lowest BCUT2D eigenvalue weighted by atomic mass is 10.3. The van der Waals surface area contributed by atoms with Crippen molar-refractivity contribution in [2.45, 2.75) is 6.92 Å². The standard InChI is InChI=1S/C9H10N2O/c1-2-10-9(12)11-8-6-4-3-5-7-8/h2-7H,1H3,(H,11,12). The number of hydrogen-bond acceptors (Lipinski definition) is 1. The maximum absolute atomic E-state index is 10.9. The molecule has 3 nitrogen and oxygen atoms in total. The second kappa shape index (κ2) is 4.28. The first-order valence-electron chi connectivity index (χ1n) is 3.67. The molecule has 0 saturated carbocycles. The van der Waals surface area contributed by atoms with Crippen molar-refractivity contribution < 1.29 is 4.79 Å². The first-order valence-corrected chi connectivity index (χ1v) is 3.67. The third-order valence-electron chi connectivity index (χ3n) is 1.27. The zero-order valence-corrected chi connectivity index (χ0v) is 6.82. The number of nitrogens with one attached hydrogen (secondary N) is 1. The van der Waals surface area contributed by atoms with E-state index in [2.05, 4.69) is 10.3 Å². The van der Waals surface area contributed by atoms with E-state index in [1.165, 1.54) is 6.21 Å². The van der Waals surface area contributed by atoms with E-state index >= 15 is 0 Å². The monoisotopic (exact) mass is 162 g/mol. The summed E-state index contributed by atoms with van der Waals surface area (Å²) >= 11 is 0. The molecule has 1 rings (SSSR count). The number of anilines is 1. The van der Waals surface area contributed by atoms with Crippen molar-refractivity contribution in [3.63, 3.8) is 0 Å². The lowest BCUT2D eigenvalue weighted by molar-refractivity contribution is 0.259. The summed E-state index contributed by atoms with van der Waals surface area (Å²) in [4.78, 5) is 14.4. The highest BCUT2D eigenvalue weighted by Crippen LogP contribution is 2.04. The first kappa shape index (κ1) is 8.46. The van der Waals surface area contributed by atoms with Crippen molar-refractivity contribution in [1.82, 2.24) is 0 Å². The molecular formula is C9H10N2O. The Balaban J connectivity index is 2.59. The van der Waals surface area contributed by atoms with Crippen LogP contribution in [0.15, 0.2) is 35.3 Å². The van der Waals surface area contributed by atoms with E-state index in [1.807, 2.05) is 30.3 Å². The lowest BCUT2D eigenvalue weighted by Crippen LogP contribution is -2.05. The molecule has 3 heteroatoms. The smallest absolute Gasteiger partial charge is 0.306 e. The number of rotatable bonds is 1. The number of carbonyl (C=O) groups is 1. The summed E-state index contributed by atoms with van der Waals surface area (Å²) in [7, 11) is 0. The Labute approximate surface area is 71.1 Å². The first-order chi connectivity index (χ1) is 5.83. The highest BCUT2D eigenvalue weighted by atomic mass is 16.2. The number of hydrogen-bond donors (Lipinski definition) is 1. The number of para-hydroxylation sites is 1. The predicted molar refractivity (Wildman–Crippen MR) is 49.6 cm³/mol. The Kier molecular flexibility index (Phi) is 3.02. The van der Waals surface area contributed by atoms with E-state index in [0.29, 0.717) is 0 Å². The molecular weight excluding hydrogens is 152 g/mol. The molecule has 12 heavy (non-hydrogen) atoms. The van der Waals surface area contributed by atoms with E-state index in [-0.39, 0.29) is 6.03 Å². The molecule has 1 N–H and O–H groups in total. The van der Waals surface area contributed by atoms with Gasteiger partial charge in [-0.3, -0.25) is 0 Å². The summed E-state index contributed by atoms with van der Waals surface area (Å²) in [6, 6.07) is 8.87. The lowest BCUT2D eigenvalue weighted by Gasteiger charge is -1.98. The molecule has 0 aromatic heterocycles. The van der Waals surface area contributed by atoms with Gasteiger partial charge in [-0.15, -0.1) is 0 Å². The summed E-state index contributed by atoms with van der Waals surface area (Å²) in [5.41, 5.74) is 0.758. The molecule has 0 fully saturated rings. The number of urea groups is 1. The van der Waals surface area contributed by atoms with Gasteiger partial charge in [-0.2, -0.15) is 0 Å². The highest BCUT2D eigenvalue weighted by Gasteiger charge is 1.94. The van der Waals surface area contributed by atoms with Crippen molar-refractivity contribution in [3.05, 3.63) is 30.3 Å². The van der Waals surface area contributed by atoms with Crippen LogP contribution in [0, 0.1) is 0 Å². The molecule has 0 saturated heterocycles. The van der Waals surface area contributed by atoms with Gasteiger partial charge in [0.1, 0.15) is 0 Å². The maximum atomic E-state index is 10.9. The average molecular weight is 162 g/mol. The minimum Gasteiger partial charge on any atom is -0.306 e. The van der Waals surface area contributed by atoms with Crippen LogP contribution >= 0.6 is 0 Å². The van der Waals surface area contributed by atoms with E-state index in [0.717, 1.165) is 5.69 Å². The summed E-state index contributed by atoms with van der Waals surface area (Å²) in [6.07, 6.45) is 1.46. The van der Waals surface area contributed by atoms with Crippen LogP contribution in [0.2, 0.25) is 0 Å². The molecule has 0 bridgehead atoms. The Bertz CT molecular complexity index is 280. The second-order valence-corrected chi connectivity index (χ2v) is 2.18. The average Bonchev–Trinajstić information content (AvgIpc) is 2.06. The van der Waals surface area contributed by atoms with Crippen LogP contribution in [0.25, 0.3) is 0 Å². The van der Waals surface area contributed by atoms with Crippen LogP contribution in [0.5, 0.6) is 0 Å². The molecule has 0 aliphatic rings. The number of nitrogens with zero attached hydrogens (tertiary/aromatic N) is 1. The normalized spacial score (nSPS) is 10.1. The molecule has 0 spiro atoms. The zero-order valence-electron chi connectivity index (χ0n) is 6.82. The van der Waals surface area contributed by atoms with Gasteiger partial charge >= 0.3 is 6.03 Å². The summed E-state index contributed by atoms with van der Waals surface area (Å²) < 4.78 is 0. The largest absolute Gasteiger partial charge is 0.345 e. The third kappa shape index (κ3) is 2.54. The highest BCUT2D eigenvalue weighted by molar-refractivity contribution is 5.94. The van der Waals surface area contributed by atoms with E-state index in [4.69, 9.17) is 0 Å². The predicted octanol–water partition coefficient (Wildman–Crippen LogP) is 2.31. The van der Waals surface area contributed by atoms with Crippen molar-refractivity contribution in [2.24, 2.45) is 4.99 Å². The Hall–Kier alpha value is -1.64. The van der Waals surface area contributed by atoms with Gasteiger partial charge in [-0.05, 0) is 19.1 Å². The van der Waals surface area contributed by atoms with Crippen molar-refractivity contribution in [3.8, 4) is 0 Å².